The maximum Gasteiger partial charge on any atom is 0.275 e. The van der Waals surface area contributed by atoms with Gasteiger partial charge in [0.1, 0.15) is 6.54 Å². The predicted octanol–water partition coefficient (Wildman–Crippen LogP) is 1.12. The highest BCUT2D eigenvalue weighted by Gasteiger charge is 2.15. The zero-order valence-corrected chi connectivity index (χ0v) is 14.2. The smallest absolute Gasteiger partial charge is 0.275 e. The molecule has 6 heteroatoms. The van der Waals surface area contributed by atoms with Crippen molar-refractivity contribution in [3.63, 3.8) is 0 Å². The van der Waals surface area contributed by atoms with Crippen LogP contribution >= 0.6 is 11.3 Å². The lowest BCUT2D eigenvalue weighted by Gasteiger charge is -2.13. The molecular weight excluding hydrogens is 312 g/mol. The van der Waals surface area contributed by atoms with Crippen LogP contribution < -0.4 is 19.7 Å². The van der Waals surface area contributed by atoms with Crippen LogP contribution in [0.5, 0.6) is 11.5 Å². The summed E-state index contributed by atoms with van der Waals surface area (Å²) in [5.41, 5.74) is 2.31. The van der Waals surface area contributed by atoms with Crippen molar-refractivity contribution in [3.05, 3.63) is 45.6 Å². The van der Waals surface area contributed by atoms with Gasteiger partial charge < -0.3 is 19.7 Å². The summed E-state index contributed by atoms with van der Waals surface area (Å²) in [5.74, 6) is 1.55. The van der Waals surface area contributed by atoms with Gasteiger partial charge in [-0.3, -0.25) is 4.79 Å². The van der Waals surface area contributed by atoms with Crippen LogP contribution in [0.3, 0.4) is 0 Å². The Labute approximate surface area is 139 Å². The van der Waals surface area contributed by atoms with Gasteiger partial charge in [0.25, 0.3) is 5.91 Å². The van der Waals surface area contributed by atoms with Gasteiger partial charge in [-0.15, -0.1) is 11.3 Å². The highest BCUT2D eigenvalue weighted by atomic mass is 32.1. The van der Waals surface area contributed by atoms with E-state index >= 15 is 0 Å². The van der Waals surface area contributed by atoms with Gasteiger partial charge in [-0.25, -0.2) is 0 Å². The molecule has 5 nitrogen and oxygen atoms in total. The Bertz CT molecular complexity index is 699. The Morgan fingerprint density at radius 1 is 1.30 bits per heavy atom. The number of rotatable bonds is 6. The molecule has 0 bridgehead atoms. The minimum Gasteiger partial charge on any atom is -0.454 e. The van der Waals surface area contributed by atoms with Crippen LogP contribution in [0.2, 0.25) is 0 Å². The number of aryl methyl sites for hydroxylation is 1. The van der Waals surface area contributed by atoms with Crippen LogP contribution in [-0.4, -0.2) is 26.3 Å². The third kappa shape index (κ3) is 4.03. The molecule has 0 aliphatic carbocycles. The SMILES string of the molecule is Cc1ccsc1C[NH+](C)CC(=O)NCc1ccc2c(c1)OCO2. The summed E-state index contributed by atoms with van der Waals surface area (Å²) in [6.45, 7) is 4.21. The molecule has 0 saturated heterocycles. The van der Waals surface area contributed by atoms with E-state index in [9.17, 15) is 4.79 Å². The second-order valence-corrected chi connectivity index (χ2v) is 6.80. The monoisotopic (exact) mass is 333 g/mol. The first kappa shape index (κ1) is 15.8. The van der Waals surface area contributed by atoms with E-state index in [2.05, 4.69) is 23.7 Å². The van der Waals surface area contributed by atoms with Crippen LogP contribution in [0.4, 0.5) is 0 Å². The van der Waals surface area contributed by atoms with Crippen molar-refractivity contribution in [2.75, 3.05) is 20.4 Å². The van der Waals surface area contributed by atoms with Crippen LogP contribution in [-0.2, 0) is 17.9 Å². The van der Waals surface area contributed by atoms with Crippen molar-refractivity contribution < 1.29 is 19.2 Å². The number of nitrogens with one attached hydrogen (secondary N) is 2. The van der Waals surface area contributed by atoms with E-state index in [0.717, 1.165) is 23.6 Å². The molecule has 23 heavy (non-hydrogen) atoms. The number of carbonyl (C=O) groups excluding carboxylic acids is 1. The number of thiophene rings is 1. The maximum absolute atomic E-state index is 12.1. The third-order valence-corrected chi connectivity index (χ3v) is 4.84. The molecule has 3 rings (SSSR count). The number of fused-ring (bicyclic) bond motifs is 1. The second kappa shape index (κ2) is 7.02. The first-order valence-corrected chi connectivity index (χ1v) is 8.49. The zero-order chi connectivity index (χ0) is 16.2. The Balaban J connectivity index is 1.47. The predicted molar refractivity (Wildman–Crippen MR) is 88.9 cm³/mol. The molecule has 2 heterocycles. The second-order valence-electron chi connectivity index (χ2n) is 5.80. The minimum absolute atomic E-state index is 0.0503. The summed E-state index contributed by atoms with van der Waals surface area (Å²) in [6.07, 6.45) is 0. The van der Waals surface area contributed by atoms with E-state index in [1.807, 2.05) is 25.2 Å². The average molecular weight is 333 g/mol. The molecule has 1 amide bonds. The molecule has 0 fully saturated rings. The normalized spacial score (nSPS) is 13.8. The van der Waals surface area contributed by atoms with E-state index in [1.54, 1.807) is 11.3 Å². The fourth-order valence-electron chi connectivity index (χ4n) is 2.51. The molecule has 0 spiro atoms. The number of hydrogen-bond donors (Lipinski definition) is 2. The van der Waals surface area contributed by atoms with E-state index < -0.39 is 0 Å². The van der Waals surface area contributed by atoms with Crippen LogP contribution in [0.25, 0.3) is 0 Å². The Morgan fingerprint density at radius 3 is 2.91 bits per heavy atom. The van der Waals surface area contributed by atoms with Gasteiger partial charge in [0.2, 0.25) is 6.79 Å². The van der Waals surface area contributed by atoms with Gasteiger partial charge in [0, 0.05) is 6.54 Å². The topological polar surface area (TPSA) is 52.0 Å². The minimum atomic E-state index is 0.0503. The van der Waals surface area contributed by atoms with Crippen molar-refractivity contribution in [2.24, 2.45) is 0 Å². The average Bonchev–Trinajstić information content (AvgIpc) is 3.14. The van der Waals surface area contributed by atoms with Crippen LogP contribution in [0.15, 0.2) is 29.6 Å². The Kier molecular flexibility index (Phi) is 4.83. The van der Waals surface area contributed by atoms with Crippen molar-refractivity contribution in [1.29, 1.82) is 0 Å². The van der Waals surface area contributed by atoms with Crippen LogP contribution in [0, 0.1) is 6.92 Å². The molecule has 1 aromatic carbocycles. The summed E-state index contributed by atoms with van der Waals surface area (Å²) >= 11 is 1.75. The number of ether oxygens (including phenoxy) is 2. The number of hydrogen-bond acceptors (Lipinski definition) is 4. The van der Waals surface area contributed by atoms with Crippen molar-refractivity contribution in [1.82, 2.24) is 5.32 Å². The maximum atomic E-state index is 12.1. The van der Waals surface area contributed by atoms with E-state index in [-0.39, 0.29) is 12.7 Å². The lowest BCUT2D eigenvalue weighted by molar-refractivity contribution is -0.885. The number of likely N-dealkylation sites (N-methyl/N-ethyl adjacent to an activating group) is 1. The molecule has 122 valence electrons. The Morgan fingerprint density at radius 2 is 2.13 bits per heavy atom. The van der Waals surface area contributed by atoms with E-state index in [0.29, 0.717) is 13.1 Å². The lowest BCUT2D eigenvalue weighted by atomic mass is 10.2. The summed E-state index contributed by atoms with van der Waals surface area (Å²) in [4.78, 5) is 14.6. The van der Waals surface area contributed by atoms with Crippen LogP contribution in [0.1, 0.15) is 16.0 Å². The van der Waals surface area contributed by atoms with Gasteiger partial charge in [0.15, 0.2) is 18.0 Å². The molecular formula is C17H21N2O3S+. The molecule has 1 aliphatic heterocycles. The van der Waals surface area contributed by atoms with Gasteiger partial charge in [-0.1, -0.05) is 6.07 Å². The highest BCUT2D eigenvalue weighted by Crippen LogP contribution is 2.32. The van der Waals surface area contributed by atoms with E-state index in [1.165, 1.54) is 15.3 Å². The third-order valence-electron chi connectivity index (χ3n) is 3.82. The molecule has 1 unspecified atom stereocenters. The van der Waals surface area contributed by atoms with Crippen molar-refractivity contribution in [2.45, 2.75) is 20.0 Å². The lowest BCUT2D eigenvalue weighted by Crippen LogP contribution is -3.08. The zero-order valence-electron chi connectivity index (χ0n) is 13.3. The highest BCUT2D eigenvalue weighted by molar-refractivity contribution is 7.10. The van der Waals surface area contributed by atoms with Crippen molar-refractivity contribution in [3.8, 4) is 11.5 Å². The molecule has 1 aromatic heterocycles. The summed E-state index contributed by atoms with van der Waals surface area (Å²) in [7, 11) is 2.04. The molecule has 2 N–H and O–H groups in total. The number of amides is 1. The van der Waals surface area contributed by atoms with Gasteiger partial charge >= 0.3 is 0 Å². The summed E-state index contributed by atoms with van der Waals surface area (Å²) in [6, 6.07) is 7.85. The standard InChI is InChI=1S/C17H20N2O3S/c1-12-5-6-23-16(12)9-19(2)10-17(20)18-8-13-3-4-14-15(7-13)22-11-21-14/h3-7H,8-11H2,1-2H3,(H,18,20)/p+1. The van der Waals surface area contributed by atoms with Gasteiger partial charge in [-0.05, 0) is 41.6 Å². The quantitative estimate of drug-likeness (QED) is 0.833. The Hall–Kier alpha value is -2.05. The summed E-state index contributed by atoms with van der Waals surface area (Å²) in [5, 5.41) is 5.06. The van der Waals surface area contributed by atoms with Gasteiger partial charge in [-0.2, -0.15) is 0 Å². The molecule has 1 atom stereocenters. The fraction of sp³-hybridized carbons (Fsp3) is 0.353. The number of carbonyl (C=O) groups is 1. The number of quaternary nitrogens is 1. The van der Waals surface area contributed by atoms with E-state index in [4.69, 9.17) is 9.47 Å². The van der Waals surface area contributed by atoms with Gasteiger partial charge in [0.05, 0.1) is 11.9 Å². The first-order valence-electron chi connectivity index (χ1n) is 7.61. The molecule has 0 saturated carbocycles. The largest absolute Gasteiger partial charge is 0.454 e. The van der Waals surface area contributed by atoms with Crippen molar-refractivity contribution >= 4 is 17.2 Å². The fourth-order valence-corrected chi connectivity index (χ4v) is 3.53. The molecule has 1 aliphatic rings. The molecule has 0 radical (unpaired) electrons. The molecule has 2 aromatic rings. The first-order chi connectivity index (χ1) is 11.1. The number of benzene rings is 1. The summed E-state index contributed by atoms with van der Waals surface area (Å²) < 4.78 is 10.6.